The van der Waals surface area contributed by atoms with Crippen molar-refractivity contribution in [2.24, 2.45) is 0 Å². The fraction of sp³-hybridized carbons (Fsp3) is 0.120. The van der Waals surface area contributed by atoms with Crippen molar-refractivity contribution < 1.29 is 13.6 Å². The van der Waals surface area contributed by atoms with Crippen LogP contribution in [0.2, 0.25) is 0 Å². The van der Waals surface area contributed by atoms with Gasteiger partial charge >= 0.3 is 0 Å². The second kappa shape index (κ2) is 8.69. The molecule has 0 aliphatic carbocycles. The molecule has 3 N–H and O–H groups in total. The molecule has 0 radical (unpaired) electrons. The largest absolute Gasteiger partial charge is 0.472 e. The van der Waals surface area contributed by atoms with Crippen LogP contribution >= 0.6 is 0 Å². The monoisotopic (exact) mass is 482 g/mol. The molecule has 0 fully saturated rings. The van der Waals surface area contributed by atoms with Gasteiger partial charge in [0.05, 0.1) is 35.3 Å². The first-order valence-electron chi connectivity index (χ1n) is 11.3. The van der Waals surface area contributed by atoms with Crippen molar-refractivity contribution in [2.45, 2.75) is 19.8 Å². The molecule has 1 amide bonds. The van der Waals surface area contributed by atoms with E-state index >= 15 is 4.39 Å². The Labute approximate surface area is 203 Å². The Balaban J connectivity index is 1.44. The summed E-state index contributed by atoms with van der Waals surface area (Å²) in [6, 6.07) is 5.35. The molecule has 0 spiro atoms. The Hall–Kier alpha value is -4.93. The van der Waals surface area contributed by atoms with Crippen molar-refractivity contribution in [1.29, 1.82) is 0 Å². The Morgan fingerprint density at radius 3 is 2.86 bits per heavy atom. The maximum absolute atomic E-state index is 15.9. The summed E-state index contributed by atoms with van der Waals surface area (Å²) in [7, 11) is 0. The highest BCUT2D eigenvalue weighted by Crippen LogP contribution is 2.34. The maximum atomic E-state index is 15.9. The van der Waals surface area contributed by atoms with E-state index < -0.39 is 5.82 Å². The predicted octanol–water partition coefficient (Wildman–Crippen LogP) is 5.10. The number of aromatic amines is 2. The van der Waals surface area contributed by atoms with Crippen LogP contribution in [0.1, 0.15) is 19.8 Å². The zero-order valence-electron chi connectivity index (χ0n) is 19.0. The Morgan fingerprint density at radius 1 is 1.11 bits per heavy atom. The summed E-state index contributed by atoms with van der Waals surface area (Å²) in [6.45, 7) is 1.92. The van der Waals surface area contributed by atoms with Crippen LogP contribution in [0.25, 0.3) is 56.0 Å². The predicted molar refractivity (Wildman–Crippen MR) is 131 cm³/mol. The zero-order valence-corrected chi connectivity index (χ0v) is 19.0. The number of aromatic nitrogens is 7. The van der Waals surface area contributed by atoms with Crippen molar-refractivity contribution in [3.63, 3.8) is 0 Å². The van der Waals surface area contributed by atoms with Crippen molar-refractivity contribution in [1.82, 2.24) is 35.1 Å². The van der Waals surface area contributed by atoms with E-state index in [0.29, 0.717) is 40.4 Å². The molecule has 6 aromatic rings. The van der Waals surface area contributed by atoms with Gasteiger partial charge in [-0.3, -0.25) is 14.9 Å². The third kappa shape index (κ3) is 3.66. The minimum absolute atomic E-state index is 0.129. The molecule has 0 bridgehead atoms. The summed E-state index contributed by atoms with van der Waals surface area (Å²) in [5.41, 5.74) is 4.58. The van der Waals surface area contributed by atoms with E-state index in [9.17, 15) is 4.79 Å². The normalized spacial score (nSPS) is 11.4. The van der Waals surface area contributed by atoms with Gasteiger partial charge in [0.25, 0.3) is 0 Å². The molecule has 0 unspecified atom stereocenters. The van der Waals surface area contributed by atoms with Gasteiger partial charge in [0.15, 0.2) is 17.1 Å². The van der Waals surface area contributed by atoms with Crippen LogP contribution in [0.5, 0.6) is 0 Å². The molecular weight excluding hydrogens is 463 g/mol. The summed E-state index contributed by atoms with van der Waals surface area (Å²) in [5, 5.41) is 9.98. The van der Waals surface area contributed by atoms with Gasteiger partial charge < -0.3 is 14.7 Å². The average Bonchev–Trinajstić information content (AvgIpc) is 3.63. The van der Waals surface area contributed by atoms with Gasteiger partial charge in [-0.1, -0.05) is 6.92 Å². The Bertz CT molecular complexity index is 1720. The van der Waals surface area contributed by atoms with Crippen molar-refractivity contribution in [2.75, 3.05) is 5.32 Å². The lowest BCUT2D eigenvalue weighted by Crippen LogP contribution is -2.10. The van der Waals surface area contributed by atoms with E-state index in [0.717, 1.165) is 17.5 Å². The first-order valence-corrected chi connectivity index (χ1v) is 11.3. The fourth-order valence-corrected chi connectivity index (χ4v) is 4.12. The number of imidazole rings is 1. The van der Waals surface area contributed by atoms with Crippen LogP contribution in [-0.4, -0.2) is 41.0 Å². The molecule has 6 heterocycles. The number of hydrogen-bond donors (Lipinski definition) is 3. The number of halogens is 1. The molecule has 0 saturated heterocycles. The molecule has 0 saturated carbocycles. The van der Waals surface area contributed by atoms with Crippen LogP contribution in [0, 0.1) is 5.82 Å². The number of nitrogens with zero attached hydrogens (tertiary/aromatic N) is 5. The molecule has 11 heteroatoms. The number of rotatable bonds is 6. The second-order valence-electron chi connectivity index (χ2n) is 8.20. The Kier molecular flexibility index (Phi) is 5.21. The number of anilines is 1. The summed E-state index contributed by atoms with van der Waals surface area (Å²) < 4.78 is 21.1. The van der Waals surface area contributed by atoms with E-state index in [-0.39, 0.29) is 22.5 Å². The second-order valence-corrected chi connectivity index (χ2v) is 8.20. The molecule has 0 atom stereocenters. The van der Waals surface area contributed by atoms with Crippen LogP contribution in [0.15, 0.2) is 59.9 Å². The summed E-state index contributed by atoms with van der Waals surface area (Å²) in [4.78, 5) is 32.6. The number of amides is 1. The number of hydrogen-bond acceptors (Lipinski definition) is 7. The quantitative estimate of drug-likeness (QED) is 0.300. The molecule has 0 aromatic carbocycles. The average molecular weight is 482 g/mol. The van der Waals surface area contributed by atoms with Gasteiger partial charge in [0.1, 0.15) is 11.5 Å². The van der Waals surface area contributed by atoms with Gasteiger partial charge in [-0.2, -0.15) is 5.10 Å². The lowest BCUT2D eigenvalue weighted by atomic mass is 10.1. The number of carbonyl (C=O) groups is 1. The molecule has 178 valence electrons. The van der Waals surface area contributed by atoms with Gasteiger partial charge in [0.2, 0.25) is 5.91 Å². The van der Waals surface area contributed by atoms with E-state index in [1.54, 1.807) is 24.8 Å². The first-order chi connectivity index (χ1) is 17.6. The number of furan rings is 1. The maximum Gasteiger partial charge on any atom is 0.224 e. The summed E-state index contributed by atoms with van der Waals surface area (Å²) in [5.74, 6) is -0.297. The molecule has 0 aliphatic rings. The lowest BCUT2D eigenvalue weighted by Gasteiger charge is -2.08. The number of nitrogens with one attached hydrogen (secondary N) is 3. The highest BCUT2D eigenvalue weighted by atomic mass is 19.1. The first kappa shape index (κ1) is 21.6. The number of H-pyrrole nitrogens is 2. The van der Waals surface area contributed by atoms with Crippen molar-refractivity contribution in [3.8, 4) is 33.8 Å². The number of fused-ring (bicyclic) bond motifs is 2. The van der Waals surface area contributed by atoms with Gasteiger partial charge in [-0.05, 0) is 24.6 Å². The number of pyridine rings is 3. The smallest absolute Gasteiger partial charge is 0.224 e. The highest BCUT2D eigenvalue weighted by Gasteiger charge is 2.21. The van der Waals surface area contributed by atoms with Crippen LogP contribution < -0.4 is 5.32 Å². The topological polar surface area (TPSA) is 138 Å². The third-order valence-corrected chi connectivity index (χ3v) is 5.79. The Morgan fingerprint density at radius 2 is 2.03 bits per heavy atom. The SMILES string of the molecule is CCCC(=O)Nc1cncc(-c2cnc3n[nH]c(-c4nc5nccc(-c6ccoc6)c5[nH]4)c3c2F)c1. The summed E-state index contributed by atoms with van der Waals surface area (Å²) >= 11 is 0. The molecule has 6 aromatic heterocycles. The molecule has 10 nitrogen and oxygen atoms in total. The van der Waals surface area contributed by atoms with E-state index in [1.807, 2.05) is 19.1 Å². The van der Waals surface area contributed by atoms with Crippen molar-refractivity contribution in [3.05, 3.63) is 61.3 Å². The van der Waals surface area contributed by atoms with Crippen molar-refractivity contribution >= 4 is 33.8 Å². The third-order valence-electron chi connectivity index (χ3n) is 5.79. The van der Waals surface area contributed by atoms with Gasteiger partial charge in [0, 0.05) is 47.3 Å². The highest BCUT2D eigenvalue weighted by molar-refractivity contribution is 5.97. The minimum Gasteiger partial charge on any atom is -0.472 e. The number of carbonyl (C=O) groups excluding carboxylic acids is 1. The van der Waals surface area contributed by atoms with Crippen LogP contribution in [0.4, 0.5) is 10.1 Å². The van der Waals surface area contributed by atoms with Crippen LogP contribution in [0.3, 0.4) is 0 Å². The van der Waals surface area contributed by atoms with E-state index in [4.69, 9.17) is 4.42 Å². The standard InChI is InChI=1S/C25H19FN8O2/c1-2-3-18(35)30-15-8-14(9-27-10-15)17-11-29-23-19(20(17)26)22(33-34-23)25-31-21-16(13-5-7-36-12-13)4-6-28-24(21)32-25/h4-12H,2-3H2,1H3,(H,30,35)(H,28,31,32)(H,29,33,34). The van der Waals surface area contributed by atoms with E-state index in [1.165, 1.54) is 18.6 Å². The molecular formula is C25H19FN8O2. The lowest BCUT2D eigenvalue weighted by molar-refractivity contribution is -0.116. The molecule has 6 rings (SSSR count). The fourth-order valence-electron chi connectivity index (χ4n) is 4.12. The zero-order chi connectivity index (χ0) is 24.6. The molecule has 36 heavy (non-hydrogen) atoms. The van der Waals surface area contributed by atoms with Crippen LogP contribution in [-0.2, 0) is 4.79 Å². The summed E-state index contributed by atoms with van der Waals surface area (Å²) in [6.07, 6.45) is 10.4. The van der Waals surface area contributed by atoms with Gasteiger partial charge in [-0.25, -0.2) is 19.3 Å². The van der Waals surface area contributed by atoms with E-state index in [2.05, 4.69) is 40.4 Å². The van der Waals surface area contributed by atoms with Gasteiger partial charge in [-0.15, -0.1) is 0 Å². The minimum atomic E-state index is -0.536. The molecule has 0 aliphatic heterocycles.